The lowest BCUT2D eigenvalue weighted by atomic mass is 10.1. The average Bonchev–Trinajstić information content (AvgIpc) is 3.13. The molecule has 8 nitrogen and oxygen atoms in total. The van der Waals surface area contributed by atoms with Gasteiger partial charge in [0.15, 0.2) is 0 Å². The highest BCUT2D eigenvalue weighted by Crippen LogP contribution is 2.35. The number of amidine groups is 1. The van der Waals surface area contributed by atoms with Crippen molar-refractivity contribution >= 4 is 50.2 Å². The minimum Gasteiger partial charge on any atom is -0.342 e. The molecule has 0 bridgehead atoms. The highest BCUT2D eigenvalue weighted by atomic mass is 32.2. The molecule has 0 radical (unpaired) electrons. The van der Waals surface area contributed by atoms with Crippen molar-refractivity contribution in [3.8, 4) is 0 Å². The lowest BCUT2D eigenvalue weighted by Crippen LogP contribution is -2.35. The molecule has 0 aliphatic carbocycles. The van der Waals surface area contributed by atoms with Crippen LogP contribution in [0, 0.1) is 0 Å². The Morgan fingerprint density at radius 2 is 2.06 bits per heavy atom. The molecule has 1 aromatic heterocycles. The summed E-state index contributed by atoms with van der Waals surface area (Å²) in [7, 11) is -3.85. The summed E-state index contributed by atoms with van der Waals surface area (Å²) in [5, 5.41) is 3.06. The normalized spacial score (nSPS) is 17.9. The van der Waals surface area contributed by atoms with Gasteiger partial charge in [-0.3, -0.25) is 4.79 Å². The third kappa shape index (κ3) is 4.44. The van der Waals surface area contributed by atoms with E-state index in [0.29, 0.717) is 35.8 Å². The Bertz CT molecular complexity index is 1330. The maximum absolute atomic E-state index is 13.2. The van der Waals surface area contributed by atoms with E-state index < -0.39 is 10.0 Å². The summed E-state index contributed by atoms with van der Waals surface area (Å²) in [6.45, 7) is 0.732. The molecule has 3 heterocycles. The van der Waals surface area contributed by atoms with Crippen LogP contribution in [0.15, 0.2) is 51.8 Å². The summed E-state index contributed by atoms with van der Waals surface area (Å²) in [5.41, 5.74) is 2.65. The van der Waals surface area contributed by atoms with Crippen LogP contribution in [0.25, 0.3) is 11.0 Å². The summed E-state index contributed by atoms with van der Waals surface area (Å²) < 4.78 is 29.9. The highest BCUT2D eigenvalue weighted by Gasteiger charge is 2.32. The van der Waals surface area contributed by atoms with E-state index >= 15 is 0 Å². The number of H-pyrrole nitrogens is 1. The number of amides is 1. The summed E-state index contributed by atoms with van der Waals surface area (Å²) in [5.74, 6) is 1.79. The van der Waals surface area contributed by atoms with Crippen molar-refractivity contribution in [3.05, 3.63) is 53.9 Å². The van der Waals surface area contributed by atoms with Gasteiger partial charge in [0.25, 0.3) is 15.9 Å². The summed E-state index contributed by atoms with van der Waals surface area (Å²) in [6.07, 6.45) is 6.32. The molecular weight excluding hydrogens is 470 g/mol. The number of hydrogen-bond acceptors (Lipinski definition) is 6. The van der Waals surface area contributed by atoms with E-state index in [0.717, 1.165) is 42.6 Å². The van der Waals surface area contributed by atoms with Gasteiger partial charge < -0.3 is 15.2 Å². The molecule has 0 saturated carbocycles. The second-order valence-electron chi connectivity index (χ2n) is 8.57. The first-order valence-corrected chi connectivity index (χ1v) is 14.3. The third-order valence-electron chi connectivity index (χ3n) is 6.26. The van der Waals surface area contributed by atoms with Crippen LogP contribution in [0.5, 0.6) is 0 Å². The number of nitrogens with zero attached hydrogens (tertiary/aromatic N) is 3. The number of carbonyl (C=O) groups is 1. The molecule has 2 aromatic carbocycles. The van der Waals surface area contributed by atoms with E-state index in [1.54, 1.807) is 23.9 Å². The van der Waals surface area contributed by atoms with E-state index in [1.165, 1.54) is 6.07 Å². The predicted molar refractivity (Wildman–Crippen MR) is 136 cm³/mol. The second kappa shape index (κ2) is 9.42. The number of nitrogens with one attached hydrogen (secondary N) is 2. The molecule has 2 aliphatic rings. The molecule has 1 amide bonds. The molecule has 10 heteroatoms. The highest BCUT2D eigenvalue weighted by molar-refractivity contribution is 7.98. The van der Waals surface area contributed by atoms with Gasteiger partial charge in [-0.2, -0.15) is 20.2 Å². The first-order valence-electron chi connectivity index (χ1n) is 11.5. The number of thioether (sulfide) groups is 1. The molecular formula is C24H27N5O3S2. The first kappa shape index (κ1) is 22.9. The average molecular weight is 498 g/mol. The van der Waals surface area contributed by atoms with Gasteiger partial charge in [-0.15, -0.1) is 4.40 Å². The van der Waals surface area contributed by atoms with E-state index in [4.69, 9.17) is 0 Å². The second-order valence-corrected chi connectivity index (χ2v) is 11.1. The molecule has 1 fully saturated rings. The van der Waals surface area contributed by atoms with E-state index in [9.17, 15) is 13.2 Å². The van der Waals surface area contributed by atoms with Crippen LogP contribution < -0.4 is 10.2 Å². The predicted octanol–water partition coefficient (Wildman–Crippen LogP) is 4.27. The molecule has 1 atom stereocenters. The lowest BCUT2D eigenvalue weighted by molar-refractivity contribution is 0.0934. The Morgan fingerprint density at radius 3 is 2.88 bits per heavy atom. The zero-order valence-corrected chi connectivity index (χ0v) is 20.6. The number of fused-ring (bicyclic) bond motifs is 4. The van der Waals surface area contributed by atoms with Crippen LogP contribution in [0.1, 0.15) is 54.3 Å². The zero-order chi connectivity index (χ0) is 23.7. The zero-order valence-electron chi connectivity index (χ0n) is 19.0. The van der Waals surface area contributed by atoms with Crippen LogP contribution in [0.2, 0.25) is 0 Å². The van der Waals surface area contributed by atoms with Crippen molar-refractivity contribution in [3.63, 3.8) is 0 Å². The summed E-state index contributed by atoms with van der Waals surface area (Å²) in [4.78, 5) is 23.3. The number of benzene rings is 2. The number of sulfonamides is 1. The summed E-state index contributed by atoms with van der Waals surface area (Å²) in [6, 6.07) is 12.3. The molecule has 1 saturated heterocycles. The number of hydrogen-bond donors (Lipinski definition) is 2. The van der Waals surface area contributed by atoms with E-state index in [-0.39, 0.29) is 16.8 Å². The van der Waals surface area contributed by atoms with E-state index in [2.05, 4.69) is 19.7 Å². The number of rotatable bonds is 6. The Labute approximate surface area is 203 Å². The standard InChI is InChI=1S/C24H27N5O3S2/c1-33-14-12-19(23-25-17-7-4-5-8-18(17)26-23)27-24(30)16-10-11-20-21(15-16)34(31,32)28-22-9-3-2-6-13-29(20)22/h4-5,7-8,10-11,15,19H,2-3,6,9,12-14H2,1H3,(H,25,26)(H,27,30)/t19-/m0/s1. The van der Waals surface area contributed by atoms with Gasteiger partial charge in [0.1, 0.15) is 16.6 Å². The Balaban J connectivity index is 1.44. The van der Waals surface area contributed by atoms with Gasteiger partial charge in [-0.05, 0) is 61.6 Å². The van der Waals surface area contributed by atoms with Gasteiger partial charge >= 0.3 is 0 Å². The smallest absolute Gasteiger partial charge is 0.286 e. The van der Waals surface area contributed by atoms with Gasteiger partial charge in [0, 0.05) is 18.5 Å². The van der Waals surface area contributed by atoms with Gasteiger partial charge in [-0.1, -0.05) is 18.6 Å². The van der Waals surface area contributed by atoms with Crippen molar-refractivity contribution in [2.24, 2.45) is 4.40 Å². The molecule has 2 aliphatic heterocycles. The third-order valence-corrected chi connectivity index (χ3v) is 8.24. The molecule has 178 valence electrons. The maximum atomic E-state index is 13.2. The van der Waals surface area contributed by atoms with E-state index in [1.807, 2.05) is 35.4 Å². The monoisotopic (exact) mass is 497 g/mol. The Hall–Kier alpha value is -2.85. The van der Waals surface area contributed by atoms with Gasteiger partial charge in [0.2, 0.25) is 0 Å². The van der Waals surface area contributed by atoms with Crippen LogP contribution >= 0.6 is 11.8 Å². The largest absolute Gasteiger partial charge is 0.342 e. The fourth-order valence-electron chi connectivity index (χ4n) is 4.51. The molecule has 3 aromatic rings. The van der Waals surface area contributed by atoms with Gasteiger partial charge in [0.05, 0.1) is 22.8 Å². The minimum absolute atomic E-state index is 0.0928. The van der Waals surface area contributed by atoms with Crippen molar-refractivity contribution in [2.75, 3.05) is 23.5 Å². The van der Waals surface area contributed by atoms with Crippen LogP contribution in [0.4, 0.5) is 5.69 Å². The Morgan fingerprint density at radius 1 is 1.21 bits per heavy atom. The molecule has 0 unspecified atom stereocenters. The van der Waals surface area contributed by atoms with Crippen molar-refractivity contribution < 1.29 is 13.2 Å². The molecule has 5 rings (SSSR count). The SMILES string of the molecule is CSCC[C@H](NC(=O)c1ccc2c(c1)S(=O)(=O)N=C1CCCCCN12)c1nc2ccccc2[nH]1. The van der Waals surface area contributed by atoms with Crippen molar-refractivity contribution in [1.82, 2.24) is 15.3 Å². The lowest BCUT2D eigenvalue weighted by Gasteiger charge is -2.29. The van der Waals surface area contributed by atoms with Gasteiger partial charge in [-0.25, -0.2) is 4.98 Å². The fraction of sp³-hybridized carbons (Fsp3) is 0.375. The number of carbonyl (C=O) groups excluding carboxylic acids is 1. The van der Waals surface area contributed by atoms with Crippen molar-refractivity contribution in [2.45, 2.75) is 43.0 Å². The number of para-hydroxylation sites is 2. The van der Waals surface area contributed by atoms with Crippen LogP contribution in [-0.2, 0) is 10.0 Å². The number of aromatic amines is 1. The van der Waals surface area contributed by atoms with Crippen LogP contribution in [-0.4, -0.2) is 48.7 Å². The molecule has 0 spiro atoms. The number of aromatic nitrogens is 2. The van der Waals surface area contributed by atoms with Crippen LogP contribution in [0.3, 0.4) is 0 Å². The topological polar surface area (TPSA) is 108 Å². The summed E-state index contributed by atoms with van der Waals surface area (Å²) >= 11 is 1.69. The first-order chi connectivity index (χ1) is 16.5. The fourth-order valence-corrected chi connectivity index (χ4v) is 6.27. The maximum Gasteiger partial charge on any atom is 0.286 e. The molecule has 2 N–H and O–H groups in total. The van der Waals surface area contributed by atoms with Crippen molar-refractivity contribution in [1.29, 1.82) is 0 Å². The minimum atomic E-state index is -3.85. The molecule has 34 heavy (non-hydrogen) atoms. The number of anilines is 1. The Kier molecular flexibility index (Phi) is 6.35. The number of imidazole rings is 1. The quantitative estimate of drug-likeness (QED) is 0.527.